The number of nitrogens with one attached hydrogen (secondary N) is 1. The van der Waals surface area contributed by atoms with Gasteiger partial charge in [-0.05, 0) is 75.1 Å². The number of hydrogen-bond donors (Lipinski definition) is 1. The summed E-state index contributed by atoms with van der Waals surface area (Å²) in [6.45, 7) is 3.87. The highest BCUT2D eigenvalue weighted by Crippen LogP contribution is 2.26. The Morgan fingerprint density at radius 2 is 1.52 bits per heavy atom. The second-order valence-electron chi connectivity index (χ2n) is 10.6. The number of carbonyl (C=O) groups excluding carboxylic acids is 2. The van der Waals surface area contributed by atoms with Crippen molar-refractivity contribution in [2.75, 3.05) is 24.0 Å². The van der Waals surface area contributed by atoms with Crippen LogP contribution < -0.4 is 14.4 Å². The smallest absolute Gasteiger partial charge is 0.264 e. The van der Waals surface area contributed by atoms with Crippen molar-refractivity contribution in [2.24, 2.45) is 0 Å². The first-order chi connectivity index (χ1) is 20.3. The lowest BCUT2D eigenvalue weighted by atomic mass is 9.95. The van der Waals surface area contributed by atoms with Crippen LogP contribution in [-0.2, 0) is 26.0 Å². The highest BCUT2D eigenvalue weighted by atomic mass is 32.2. The normalized spacial score (nSPS) is 14.5. The minimum atomic E-state index is -4.10. The molecule has 0 aromatic heterocycles. The van der Waals surface area contributed by atoms with E-state index in [1.54, 1.807) is 49.4 Å². The van der Waals surface area contributed by atoms with Crippen LogP contribution in [0.2, 0.25) is 0 Å². The van der Waals surface area contributed by atoms with Crippen molar-refractivity contribution >= 4 is 27.5 Å². The quantitative estimate of drug-likeness (QED) is 0.295. The molecule has 1 aliphatic carbocycles. The fraction of sp³-hybridized carbons (Fsp3) is 0.394. The molecule has 9 heteroatoms. The molecule has 0 radical (unpaired) electrons. The molecule has 0 aliphatic heterocycles. The molecule has 0 heterocycles. The SMILES string of the molecule is CCOc1ccc(N(CC(=O)N(CCc2ccccc2)[C@@H](C)C(=O)NC2CCCCC2)S(=O)(=O)c2ccccc2)cc1. The zero-order chi connectivity index (χ0) is 30.0. The highest BCUT2D eigenvalue weighted by molar-refractivity contribution is 7.92. The zero-order valence-electron chi connectivity index (χ0n) is 24.4. The molecule has 8 nitrogen and oxygen atoms in total. The van der Waals surface area contributed by atoms with Crippen LogP contribution in [0.15, 0.2) is 89.8 Å². The third-order valence-electron chi connectivity index (χ3n) is 7.65. The van der Waals surface area contributed by atoms with E-state index in [2.05, 4.69) is 5.32 Å². The molecular formula is C33H41N3O5S. The summed E-state index contributed by atoms with van der Waals surface area (Å²) in [7, 11) is -4.10. The van der Waals surface area contributed by atoms with Crippen molar-refractivity contribution in [1.29, 1.82) is 0 Å². The Morgan fingerprint density at radius 1 is 0.905 bits per heavy atom. The van der Waals surface area contributed by atoms with Crippen LogP contribution in [0.1, 0.15) is 51.5 Å². The summed E-state index contributed by atoms with van der Waals surface area (Å²) in [5.74, 6) is -0.0745. The number of nitrogens with zero attached hydrogens (tertiary/aromatic N) is 2. The van der Waals surface area contributed by atoms with Crippen molar-refractivity contribution in [1.82, 2.24) is 10.2 Å². The van der Waals surface area contributed by atoms with E-state index < -0.39 is 28.5 Å². The first-order valence-corrected chi connectivity index (χ1v) is 16.2. The van der Waals surface area contributed by atoms with Gasteiger partial charge >= 0.3 is 0 Å². The minimum Gasteiger partial charge on any atom is -0.494 e. The number of sulfonamides is 1. The first kappa shape index (κ1) is 31.1. The summed E-state index contributed by atoms with van der Waals surface area (Å²) in [5.41, 5.74) is 1.36. The van der Waals surface area contributed by atoms with Gasteiger partial charge in [-0.3, -0.25) is 13.9 Å². The van der Waals surface area contributed by atoms with Gasteiger partial charge in [0.25, 0.3) is 10.0 Å². The number of hydrogen-bond acceptors (Lipinski definition) is 5. The van der Waals surface area contributed by atoms with E-state index in [0.717, 1.165) is 35.6 Å². The van der Waals surface area contributed by atoms with Crippen molar-refractivity contribution in [3.05, 3.63) is 90.5 Å². The molecular weight excluding hydrogens is 550 g/mol. The Kier molecular flexibility index (Phi) is 11.0. The predicted octanol–water partition coefficient (Wildman–Crippen LogP) is 5.19. The standard InChI is InChI=1S/C33H41N3O5S/c1-3-41-30-21-19-29(20-22-30)36(42(39,40)31-17-11-6-12-18-31)25-32(37)35(24-23-27-13-7-4-8-14-27)26(2)33(38)34-28-15-9-5-10-16-28/h4,6-8,11-14,17-22,26,28H,3,5,9-10,15-16,23-25H2,1-2H3,(H,34,38)/t26-/m0/s1. The van der Waals surface area contributed by atoms with E-state index in [0.29, 0.717) is 24.5 Å². The molecule has 0 saturated heterocycles. The Morgan fingerprint density at radius 3 is 2.14 bits per heavy atom. The molecule has 1 saturated carbocycles. The van der Waals surface area contributed by atoms with E-state index in [9.17, 15) is 18.0 Å². The molecule has 1 atom stereocenters. The fourth-order valence-electron chi connectivity index (χ4n) is 5.26. The minimum absolute atomic E-state index is 0.0746. The second-order valence-corrected chi connectivity index (χ2v) is 12.5. The molecule has 0 spiro atoms. The molecule has 3 aromatic carbocycles. The van der Waals surface area contributed by atoms with Crippen molar-refractivity contribution < 1.29 is 22.7 Å². The number of carbonyl (C=O) groups is 2. The lowest BCUT2D eigenvalue weighted by Crippen LogP contribution is -2.53. The van der Waals surface area contributed by atoms with Crippen LogP contribution in [0.3, 0.4) is 0 Å². The Hall–Kier alpha value is -3.85. The molecule has 0 bridgehead atoms. The van der Waals surface area contributed by atoms with Crippen LogP contribution in [0.25, 0.3) is 0 Å². The van der Waals surface area contributed by atoms with Gasteiger partial charge < -0.3 is 15.0 Å². The topological polar surface area (TPSA) is 96.0 Å². The summed E-state index contributed by atoms with van der Waals surface area (Å²) in [6, 6.07) is 23.7. The van der Waals surface area contributed by atoms with Gasteiger partial charge in [-0.2, -0.15) is 0 Å². The van der Waals surface area contributed by atoms with E-state index in [1.165, 1.54) is 23.5 Å². The monoisotopic (exact) mass is 591 g/mol. The fourth-order valence-corrected chi connectivity index (χ4v) is 6.70. The first-order valence-electron chi connectivity index (χ1n) is 14.7. The maximum absolute atomic E-state index is 14.0. The predicted molar refractivity (Wildman–Crippen MR) is 165 cm³/mol. The van der Waals surface area contributed by atoms with Gasteiger partial charge in [0.1, 0.15) is 18.3 Å². The van der Waals surface area contributed by atoms with Gasteiger partial charge in [-0.25, -0.2) is 8.42 Å². The van der Waals surface area contributed by atoms with E-state index in [-0.39, 0.29) is 23.4 Å². The second kappa shape index (κ2) is 14.9. The number of anilines is 1. The Bertz CT molecular complexity index is 1390. The largest absolute Gasteiger partial charge is 0.494 e. The van der Waals surface area contributed by atoms with E-state index in [4.69, 9.17) is 4.74 Å². The Labute approximate surface area is 249 Å². The average molecular weight is 592 g/mol. The van der Waals surface area contributed by atoms with Crippen molar-refractivity contribution in [3.63, 3.8) is 0 Å². The molecule has 1 aliphatic rings. The third kappa shape index (κ3) is 8.12. The van der Waals surface area contributed by atoms with Gasteiger partial charge in [0.15, 0.2) is 0 Å². The summed E-state index contributed by atoms with van der Waals surface area (Å²) >= 11 is 0. The van der Waals surface area contributed by atoms with Crippen LogP contribution in [0.5, 0.6) is 5.75 Å². The van der Waals surface area contributed by atoms with Crippen LogP contribution in [-0.4, -0.2) is 56.9 Å². The van der Waals surface area contributed by atoms with Crippen molar-refractivity contribution in [3.8, 4) is 5.75 Å². The van der Waals surface area contributed by atoms with Gasteiger partial charge in [0.2, 0.25) is 11.8 Å². The molecule has 3 aromatic rings. The number of benzene rings is 3. The zero-order valence-corrected chi connectivity index (χ0v) is 25.3. The Balaban J connectivity index is 1.63. The lowest BCUT2D eigenvalue weighted by Gasteiger charge is -2.33. The van der Waals surface area contributed by atoms with E-state index in [1.807, 2.05) is 37.3 Å². The number of amides is 2. The number of ether oxygens (including phenoxy) is 1. The molecule has 224 valence electrons. The van der Waals surface area contributed by atoms with Gasteiger partial charge in [-0.1, -0.05) is 67.8 Å². The molecule has 1 N–H and O–H groups in total. The van der Waals surface area contributed by atoms with Crippen LogP contribution in [0, 0.1) is 0 Å². The average Bonchev–Trinajstić information content (AvgIpc) is 3.02. The maximum atomic E-state index is 14.0. The van der Waals surface area contributed by atoms with E-state index >= 15 is 0 Å². The molecule has 0 unspecified atom stereocenters. The molecule has 2 amide bonds. The molecule has 1 fully saturated rings. The van der Waals surface area contributed by atoms with Crippen LogP contribution >= 0.6 is 0 Å². The lowest BCUT2D eigenvalue weighted by molar-refractivity contribution is -0.139. The van der Waals surface area contributed by atoms with Crippen LogP contribution in [0.4, 0.5) is 5.69 Å². The van der Waals surface area contributed by atoms with Gasteiger partial charge in [0.05, 0.1) is 17.2 Å². The number of rotatable bonds is 13. The summed E-state index contributed by atoms with van der Waals surface area (Å²) < 4.78 is 34.4. The molecule has 4 rings (SSSR count). The summed E-state index contributed by atoms with van der Waals surface area (Å²) in [6.07, 6.45) is 5.70. The van der Waals surface area contributed by atoms with Crippen molar-refractivity contribution in [2.45, 2.75) is 69.4 Å². The maximum Gasteiger partial charge on any atom is 0.264 e. The highest BCUT2D eigenvalue weighted by Gasteiger charge is 2.33. The van der Waals surface area contributed by atoms with Gasteiger partial charge in [-0.15, -0.1) is 0 Å². The molecule has 42 heavy (non-hydrogen) atoms. The van der Waals surface area contributed by atoms with Gasteiger partial charge in [0, 0.05) is 12.6 Å². The summed E-state index contributed by atoms with van der Waals surface area (Å²) in [5, 5.41) is 3.13. The summed E-state index contributed by atoms with van der Waals surface area (Å²) in [4.78, 5) is 29.0. The third-order valence-corrected chi connectivity index (χ3v) is 9.44.